The fourth-order valence-corrected chi connectivity index (χ4v) is 2.56. The Hall–Kier alpha value is -0.0400. The molecule has 0 rings (SSSR count). The zero-order valence-corrected chi connectivity index (χ0v) is 12.9. The zero-order chi connectivity index (χ0) is 13.5. The topological polar surface area (TPSA) is 20.2 Å². The van der Waals surface area contributed by atoms with E-state index in [0.717, 1.165) is 12.3 Å². The Kier molecular flexibility index (Phi) is 15.0. The minimum Gasteiger partial charge on any atom is -0.396 e. The largest absolute Gasteiger partial charge is 0.396 e. The molecule has 0 bridgehead atoms. The fourth-order valence-electron chi connectivity index (χ4n) is 2.56. The first kappa shape index (κ1) is 18.0. The zero-order valence-electron chi connectivity index (χ0n) is 12.9. The van der Waals surface area contributed by atoms with E-state index < -0.39 is 0 Å². The van der Waals surface area contributed by atoms with Gasteiger partial charge in [-0.1, -0.05) is 84.5 Å². The minimum absolute atomic E-state index is 0.363. The molecule has 1 heteroatoms. The fraction of sp³-hybridized carbons (Fsp3) is 1.00. The highest BCUT2D eigenvalue weighted by atomic mass is 16.2. The molecule has 1 N–H and O–H groups in total. The first-order valence-electron chi connectivity index (χ1n) is 8.42. The highest BCUT2D eigenvalue weighted by Crippen LogP contribution is 2.16. The molecule has 0 saturated carbocycles. The van der Waals surface area contributed by atoms with Crippen LogP contribution in [0.3, 0.4) is 0 Å². The van der Waals surface area contributed by atoms with Crippen LogP contribution in [0.15, 0.2) is 0 Å². The van der Waals surface area contributed by atoms with Crippen molar-refractivity contribution in [1.29, 1.82) is 0 Å². The van der Waals surface area contributed by atoms with Crippen molar-refractivity contribution < 1.29 is 5.11 Å². The lowest BCUT2D eigenvalue weighted by molar-refractivity contribution is 0.270. The van der Waals surface area contributed by atoms with Gasteiger partial charge in [-0.3, -0.25) is 0 Å². The Morgan fingerprint density at radius 1 is 0.667 bits per heavy atom. The van der Waals surface area contributed by atoms with Gasteiger partial charge >= 0.3 is 0 Å². The molecule has 0 spiro atoms. The van der Waals surface area contributed by atoms with E-state index in [2.05, 4.69) is 13.8 Å². The Morgan fingerprint density at radius 2 is 1.11 bits per heavy atom. The van der Waals surface area contributed by atoms with E-state index in [-0.39, 0.29) is 0 Å². The second-order valence-electron chi connectivity index (χ2n) is 5.94. The molecule has 0 aromatic heterocycles. The predicted octanol–water partition coefficient (Wildman–Crippen LogP) is 5.71. The molecule has 0 aliphatic carbocycles. The molecule has 18 heavy (non-hydrogen) atoms. The SMILES string of the molecule is CCCCCCCCCCCCC(C)CCCO. The van der Waals surface area contributed by atoms with E-state index >= 15 is 0 Å². The Balaban J connectivity index is 3.02. The lowest BCUT2D eigenvalue weighted by atomic mass is 9.97. The molecule has 0 aromatic rings. The molecule has 0 aliphatic heterocycles. The van der Waals surface area contributed by atoms with Gasteiger partial charge in [-0.15, -0.1) is 0 Å². The van der Waals surface area contributed by atoms with Gasteiger partial charge in [-0.2, -0.15) is 0 Å². The molecule has 0 saturated heterocycles. The van der Waals surface area contributed by atoms with Gasteiger partial charge in [0.05, 0.1) is 0 Å². The summed E-state index contributed by atoms with van der Waals surface area (Å²) in [4.78, 5) is 0. The van der Waals surface area contributed by atoms with E-state index in [1.165, 1.54) is 77.0 Å². The van der Waals surface area contributed by atoms with Crippen molar-refractivity contribution in [2.75, 3.05) is 6.61 Å². The minimum atomic E-state index is 0.363. The number of unbranched alkanes of at least 4 members (excludes halogenated alkanes) is 9. The molecular formula is C17H36O. The third-order valence-electron chi connectivity index (χ3n) is 3.91. The van der Waals surface area contributed by atoms with Crippen LogP contribution in [0.25, 0.3) is 0 Å². The summed E-state index contributed by atoms with van der Waals surface area (Å²) in [5.41, 5.74) is 0. The number of hydrogen-bond acceptors (Lipinski definition) is 1. The monoisotopic (exact) mass is 256 g/mol. The van der Waals surface area contributed by atoms with Gasteiger partial charge in [0.2, 0.25) is 0 Å². The molecule has 0 fully saturated rings. The summed E-state index contributed by atoms with van der Waals surface area (Å²) < 4.78 is 0. The second kappa shape index (κ2) is 15.0. The average molecular weight is 256 g/mol. The quantitative estimate of drug-likeness (QED) is 0.395. The molecule has 0 heterocycles. The lowest BCUT2D eigenvalue weighted by Crippen LogP contribution is -1.96. The third kappa shape index (κ3) is 14.0. The van der Waals surface area contributed by atoms with Gasteiger partial charge in [0.15, 0.2) is 0 Å². The summed E-state index contributed by atoms with van der Waals surface area (Å²) in [6, 6.07) is 0. The standard InChI is InChI=1S/C17H36O/c1-3-4-5-6-7-8-9-10-11-12-14-17(2)15-13-16-18/h17-18H,3-16H2,1-2H3. The maximum absolute atomic E-state index is 8.76. The maximum atomic E-state index is 8.76. The number of rotatable bonds is 14. The molecule has 1 nitrogen and oxygen atoms in total. The molecule has 0 aliphatic rings. The highest BCUT2D eigenvalue weighted by Gasteiger charge is 2.01. The van der Waals surface area contributed by atoms with E-state index in [0.29, 0.717) is 6.61 Å². The normalized spacial score (nSPS) is 12.8. The van der Waals surface area contributed by atoms with Gasteiger partial charge in [0, 0.05) is 6.61 Å². The molecule has 0 amide bonds. The molecule has 1 atom stereocenters. The molecule has 0 radical (unpaired) electrons. The molecular weight excluding hydrogens is 220 g/mol. The summed E-state index contributed by atoms with van der Waals surface area (Å²) in [7, 11) is 0. The van der Waals surface area contributed by atoms with Crippen LogP contribution in [0.5, 0.6) is 0 Å². The Labute approximate surface area is 115 Å². The van der Waals surface area contributed by atoms with Crippen molar-refractivity contribution >= 4 is 0 Å². The van der Waals surface area contributed by atoms with Crippen LogP contribution < -0.4 is 0 Å². The van der Waals surface area contributed by atoms with E-state index in [1.54, 1.807) is 0 Å². The van der Waals surface area contributed by atoms with Crippen molar-refractivity contribution in [3.63, 3.8) is 0 Å². The van der Waals surface area contributed by atoms with Crippen LogP contribution in [-0.2, 0) is 0 Å². The Bertz CT molecular complexity index is 145. The summed E-state index contributed by atoms with van der Waals surface area (Å²) in [6.45, 7) is 4.97. The predicted molar refractivity (Wildman–Crippen MR) is 81.9 cm³/mol. The van der Waals surface area contributed by atoms with Crippen LogP contribution in [-0.4, -0.2) is 11.7 Å². The number of aliphatic hydroxyl groups excluding tert-OH is 1. The van der Waals surface area contributed by atoms with Crippen molar-refractivity contribution in [3.8, 4) is 0 Å². The summed E-state index contributed by atoms with van der Waals surface area (Å²) in [5, 5.41) is 8.76. The van der Waals surface area contributed by atoms with E-state index in [1.807, 2.05) is 0 Å². The summed E-state index contributed by atoms with van der Waals surface area (Å²) in [6.07, 6.45) is 17.8. The van der Waals surface area contributed by atoms with Crippen LogP contribution in [0.4, 0.5) is 0 Å². The molecule has 1 unspecified atom stereocenters. The van der Waals surface area contributed by atoms with Crippen LogP contribution >= 0.6 is 0 Å². The van der Waals surface area contributed by atoms with Gasteiger partial charge in [0.25, 0.3) is 0 Å². The number of aliphatic hydroxyl groups is 1. The van der Waals surface area contributed by atoms with E-state index in [4.69, 9.17) is 5.11 Å². The van der Waals surface area contributed by atoms with Gasteiger partial charge < -0.3 is 5.11 Å². The Morgan fingerprint density at radius 3 is 1.61 bits per heavy atom. The highest BCUT2D eigenvalue weighted by molar-refractivity contribution is 4.54. The molecule has 0 aromatic carbocycles. The van der Waals surface area contributed by atoms with Crippen LogP contribution in [0.2, 0.25) is 0 Å². The first-order valence-corrected chi connectivity index (χ1v) is 8.42. The molecule has 110 valence electrons. The third-order valence-corrected chi connectivity index (χ3v) is 3.91. The second-order valence-corrected chi connectivity index (χ2v) is 5.94. The summed E-state index contributed by atoms with van der Waals surface area (Å²) in [5.74, 6) is 0.811. The average Bonchev–Trinajstić information content (AvgIpc) is 2.38. The maximum Gasteiger partial charge on any atom is 0.0431 e. The number of hydrogen-bond donors (Lipinski definition) is 1. The van der Waals surface area contributed by atoms with Crippen molar-refractivity contribution in [2.45, 2.75) is 97.3 Å². The summed E-state index contributed by atoms with van der Waals surface area (Å²) >= 11 is 0. The van der Waals surface area contributed by atoms with Gasteiger partial charge in [-0.25, -0.2) is 0 Å². The van der Waals surface area contributed by atoms with Gasteiger partial charge in [0.1, 0.15) is 0 Å². The van der Waals surface area contributed by atoms with Crippen molar-refractivity contribution in [1.82, 2.24) is 0 Å². The first-order chi connectivity index (χ1) is 8.81. The van der Waals surface area contributed by atoms with Crippen molar-refractivity contribution in [2.24, 2.45) is 5.92 Å². The van der Waals surface area contributed by atoms with Crippen LogP contribution in [0.1, 0.15) is 97.3 Å². The van der Waals surface area contributed by atoms with Gasteiger partial charge in [-0.05, 0) is 18.8 Å². The van der Waals surface area contributed by atoms with Crippen LogP contribution in [0, 0.1) is 5.92 Å². The smallest absolute Gasteiger partial charge is 0.0431 e. The lowest BCUT2D eigenvalue weighted by Gasteiger charge is -2.09. The van der Waals surface area contributed by atoms with Crippen molar-refractivity contribution in [3.05, 3.63) is 0 Å². The van der Waals surface area contributed by atoms with E-state index in [9.17, 15) is 0 Å².